The SMILES string of the molecule is CCOc1cccc(CNC)c1OCCOCCO. The predicted molar refractivity (Wildman–Crippen MR) is 73.8 cm³/mol. The molecule has 0 spiro atoms. The molecule has 1 aromatic carbocycles. The highest BCUT2D eigenvalue weighted by molar-refractivity contribution is 5.46. The highest BCUT2D eigenvalue weighted by Gasteiger charge is 2.10. The molecule has 19 heavy (non-hydrogen) atoms. The zero-order valence-electron chi connectivity index (χ0n) is 11.6. The number of aliphatic hydroxyl groups is 1. The monoisotopic (exact) mass is 269 g/mol. The van der Waals surface area contributed by atoms with Gasteiger partial charge in [-0.1, -0.05) is 12.1 Å². The van der Waals surface area contributed by atoms with Crippen molar-refractivity contribution in [1.82, 2.24) is 5.32 Å². The van der Waals surface area contributed by atoms with Gasteiger partial charge in [0.2, 0.25) is 0 Å². The Kier molecular flexibility index (Phi) is 7.97. The summed E-state index contributed by atoms with van der Waals surface area (Å²) in [7, 11) is 1.89. The quantitative estimate of drug-likeness (QED) is 0.625. The first-order valence-electron chi connectivity index (χ1n) is 6.54. The number of benzene rings is 1. The largest absolute Gasteiger partial charge is 0.490 e. The molecule has 0 aliphatic carbocycles. The molecule has 0 aromatic heterocycles. The number of rotatable bonds is 10. The summed E-state index contributed by atoms with van der Waals surface area (Å²) in [5.74, 6) is 1.50. The van der Waals surface area contributed by atoms with Gasteiger partial charge in [0.1, 0.15) is 6.61 Å². The van der Waals surface area contributed by atoms with E-state index in [4.69, 9.17) is 19.3 Å². The molecule has 0 atom stereocenters. The van der Waals surface area contributed by atoms with Crippen molar-refractivity contribution in [2.45, 2.75) is 13.5 Å². The fourth-order valence-corrected chi connectivity index (χ4v) is 1.69. The summed E-state index contributed by atoms with van der Waals surface area (Å²) >= 11 is 0. The average Bonchev–Trinajstić information content (AvgIpc) is 2.41. The van der Waals surface area contributed by atoms with E-state index in [0.717, 1.165) is 17.1 Å². The molecule has 5 heteroatoms. The molecule has 0 aliphatic rings. The zero-order valence-corrected chi connectivity index (χ0v) is 11.6. The highest BCUT2D eigenvalue weighted by Crippen LogP contribution is 2.31. The van der Waals surface area contributed by atoms with Gasteiger partial charge in [0.25, 0.3) is 0 Å². The minimum absolute atomic E-state index is 0.0283. The predicted octanol–water partition coefficient (Wildman–Crippen LogP) is 1.19. The molecule has 5 nitrogen and oxygen atoms in total. The standard InChI is InChI=1S/C14H23NO4/c1-3-18-13-6-4-5-12(11-15-2)14(13)19-10-9-17-8-7-16/h4-6,15-16H,3,7-11H2,1-2H3. The molecule has 1 rings (SSSR count). The van der Waals surface area contributed by atoms with Crippen LogP contribution in [0, 0.1) is 0 Å². The Labute approximate surface area is 114 Å². The van der Waals surface area contributed by atoms with Crippen LogP contribution in [0.25, 0.3) is 0 Å². The van der Waals surface area contributed by atoms with E-state index in [0.29, 0.717) is 33.0 Å². The zero-order chi connectivity index (χ0) is 13.9. The minimum Gasteiger partial charge on any atom is -0.490 e. The molecule has 0 heterocycles. The molecule has 0 saturated carbocycles. The van der Waals surface area contributed by atoms with Crippen molar-refractivity contribution in [3.8, 4) is 11.5 Å². The van der Waals surface area contributed by atoms with Gasteiger partial charge >= 0.3 is 0 Å². The lowest BCUT2D eigenvalue weighted by Crippen LogP contribution is -2.13. The molecule has 1 aromatic rings. The Morgan fingerprint density at radius 1 is 1.16 bits per heavy atom. The fourth-order valence-electron chi connectivity index (χ4n) is 1.69. The average molecular weight is 269 g/mol. The van der Waals surface area contributed by atoms with Crippen LogP contribution in [-0.2, 0) is 11.3 Å². The number of hydrogen-bond acceptors (Lipinski definition) is 5. The lowest BCUT2D eigenvalue weighted by atomic mass is 10.2. The summed E-state index contributed by atoms with van der Waals surface area (Å²) in [5, 5.41) is 11.7. The van der Waals surface area contributed by atoms with Crippen molar-refractivity contribution >= 4 is 0 Å². The molecule has 0 radical (unpaired) electrons. The van der Waals surface area contributed by atoms with E-state index in [9.17, 15) is 0 Å². The molecule has 2 N–H and O–H groups in total. The van der Waals surface area contributed by atoms with Gasteiger partial charge in [-0.15, -0.1) is 0 Å². The number of ether oxygens (including phenoxy) is 3. The van der Waals surface area contributed by atoms with Crippen molar-refractivity contribution in [3.63, 3.8) is 0 Å². The van der Waals surface area contributed by atoms with Crippen LogP contribution in [0.3, 0.4) is 0 Å². The summed E-state index contributed by atoms with van der Waals surface area (Å²) in [6, 6.07) is 5.85. The summed E-state index contributed by atoms with van der Waals surface area (Å²) in [6.45, 7) is 4.49. The Hall–Kier alpha value is -1.30. The Balaban J connectivity index is 2.64. The first-order chi connectivity index (χ1) is 9.33. The normalized spacial score (nSPS) is 10.5. The van der Waals surface area contributed by atoms with E-state index in [1.807, 2.05) is 32.2 Å². The lowest BCUT2D eigenvalue weighted by Gasteiger charge is -2.15. The van der Waals surface area contributed by atoms with E-state index in [2.05, 4.69) is 5.32 Å². The van der Waals surface area contributed by atoms with Crippen LogP contribution in [0.15, 0.2) is 18.2 Å². The molecule has 0 aliphatic heterocycles. The van der Waals surface area contributed by atoms with Crippen LogP contribution < -0.4 is 14.8 Å². The first kappa shape index (κ1) is 15.8. The van der Waals surface area contributed by atoms with Crippen LogP contribution in [0.4, 0.5) is 0 Å². The molecule has 0 saturated heterocycles. The third-order valence-electron chi connectivity index (χ3n) is 2.44. The summed E-state index contributed by atoms with van der Waals surface area (Å²) in [6.07, 6.45) is 0. The van der Waals surface area contributed by atoms with Gasteiger partial charge in [-0.3, -0.25) is 0 Å². The van der Waals surface area contributed by atoms with Gasteiger partial charge in [0, 0.05) is 12.1 Å². The fraction of sp³-hybridized carbons (Fsp3) is 0.571. The van der Waals surface area contributed by atoms with Crippen LogP contribution >= 0.6 is 0 Å². The Morgan fingerprint density at radius 2 is 2.00 bits per heavy atom. The molecule has 0 amide bonds. The molecule has 0 fully saturated rings. The van der Waals surface area contributed by atoms with Gasteiger partial charge in [0.05, 0.1) is 26.4 Å². The highest BCUT2D eigenvalue weighted by atomic mass is 16.5. The summed E-state index contributed by atoms with van der Waals surface area (Å²) in [4.78, 5) is 0. The second kappa shape index (κ2) is 9.61. The van der Waals surface area contributed by atoms with Crippen molar-refractivity contribution in [2.75, 3.05) is 40.1 Å². The maximum Gasteiger partial charge on any atom is 0.165 e. The number of aliphatic hydroxyl groups excluding tert-OH is 1. The Morgan fingerprint density at radius 3 is 2.68 bits per heavy atom. The smallest absolute Gasteiger partial charge is 0.165 e. The van der Waals surface area contributed by atoms with Crippen molar-refractivity contribution < 1.29 is 19.3 Å². The van der Waals surface area contributed by atoms with Gasteiger partial charge in [-0.2, -0.15) is 0 Å². The van der Waals surface area contributed by atoms with Crippen molar-refractivity contribution in [2.24, 2.45) is 0 Å². The lowest BCUT2D eigenvalue weighted by molar-refractivity contribution is 0.0695. The first-order valence-corrected chi connectivity index (χ1v) is 6.54. The van der Waals surface area contributed by atoms with Gasteiger partial charge in [-0.05, 0) is 20.0 Å². The van der Waals surface area contributed by atoms with E-state index < -0.39 is 0 Å². The molecule has 0 bridgehead atoms. The summed E-state index contributed by atoms with van der Waals surface area (Å²) < 4.78 is 16.5. The topological polar surface area (TPSA) is 60.0 Å². The molecule has 108 valence electrons. The van der Waals surface area contributed by atoms with Crippen LogP contribution in [-0.4, -0.2) is 45.2 Å². The van der Waals surface area contributed by atoms with Crippen molar-refractivity contribution in [1.29, 1.82) is 0 Å². The minimum atomic E-state index is 0.0283. The Bertz CT molecular complexity index is 333. The third-order valence-corrected chi connectivity index (χ3v) is 2.44. The van der Waals surface area contributed by atoms with Gasteiger partial charge in [0.15, 0.2) is 11.5 Å². The number of hydrogen-bond donors (Lipinski definition) is 2. The van der Waals surface area contributed by atoms with E-state index >= 15 is 0 Å². The second-order valence-corrected chi connectivity index (χ2v) is 3.89. The molecular weight excluding hydrogens is 246 g/mol. The van der Waals surface area contributed by atoms with Crippen LogP contribution in [0.5, 0.6) is 11.5 Å². The third kappa shape index (κ3) is 5.46. The maximum absolute atomic E-state index is 8.62. The summed E-state index contributed by atoms with van der Waals surface area (Å²) in [5.41, 5.74) is 1.05. The van der Waals surface area contributed by atoms with Gasteiger partial charge < -0.3 is 24.6 Å². The van der Waals surface area contributed by atoms with E-state index in [1.165, 1.54) is 0 Å². The second-order valence-electron chi connectivity index (χ2n) is 3.89. The molecule has 0 unspecified atom stereocenters. The van der Waals surface area contributed by atoms with Gasteiger partial charge in [-0.25, -0.2) is 0 Å². The van der Waals surface area contributed by atoms with E-state index in [1.54, 1.807) is 0 Å². The maximum atomic E-state index is 8.62. The van der Waals surface area contributed by atoms with E-state index in [-0.39, 0.29) is 6.61 Å². The number of nitrogens with one attached hydrogen (secondary N) is 1. The van der Waals surface area contributed by atoms with Crippen LogP contribution in [0.2, 0.25) is 0 Å². The number of para-hydroxylation sites is 1. The van der Waals surface area contributed by atoms with Crippen molar-refractivity contribution in [3.05, 3.63) is 23.8 Å². The van der Waals surface area contributed by atoms with Crippen LogP contribution in [0.1, 0.15) is 12.5 Å². The molecular formula is C14H23NO4.